The van der Waals surface area contributed by atoms with Crippen LogP contribution in [0.15, 0.2) is 18.2 Å². The third kappa shape index (κ3) is 4.64. The number of non-ortho nitro benzene ring substituents is 1. The molecule has 1 aliphatic heterocycles. The van der Waals surface area contributed by atoms with Crippen molar-refractivity contribution in [2.75, 3.05) is 26.2 Å². The number of alkyl halides is 2. The Morgan fingerprint density at radius 2 is 1.86 bits per heavy atom. The van der Waals surface area contributed by atoms with Gasteiger partial charge in [-0.3, -0.25) is 15.0 Å². The molecular formula is C12H17Cl2F2N3O3. The largest absolute Gasteiger partial charge is 0.508 e. The Morgan fingerprint density at radius 3 is 2.36 bits per heavy atom. The lowest BCUT2D eigenvalue weighted by Crippen LogP contribution is -2.46. The average molecular weight is 360 g/mol. The van der Waals surface area contributed by atoms with Crippen molar-refractivity contribution in [3.8, 4) is 5.75 Å². The van der Waals surface area contributed by atoms with Crippen molar-refractivity contribution in [2.45, 2.75) is 12.5 Å². The minimum Gasteiger partial charge on any atom is -0.508 e. The van der Waals surface area contributed by atoms with Gasteiger partial charge in [0.15, 0.2) is 0 Å². The molecule has 0 radical (unpaired) electrons. The van der Waals surface area contributed by atoms with E-state index in [9.17, 15) is 24.0 Å². The highest BCUT2D eigenvalue weighted by Crippen LogP contribution is 2.35. The van der Waals surface area contributed by atoms with Crippen LogP contribution in [0.1, 0.15) is 11.6 Å². The Kier molecular flexibility index (Phi) is 8.54. The van der Waals surface area contributed by atoms with E-state index in [2.05, 4.69) is 5.32 Å². The van der Waals surface area contributed by atoms with Gasteiger partial charge in [0.1, 0.15) is 11.8 Å². The number of nitro groups is 1. The molecule has 126 valence electrons. The van der Waals surface area contributed by atoms with Crippen LogP contribution in [0.3, 0.4) is 0 Å². The monoisotopic (exact) mass is 359 g/mol. The number of nitrogens with zero attached hydrogens (tertiary/aromatic N) is 2. The molecule has 1 atom stereocenters. The van der Waals surface area contributed by atoms with Gasteiger partial charge in [0, 0.05) is 43.9 Å². The number of benzene rings is 1. The van der Waals surface area contributed by atoms with Crippen molar-refractivity contribution in [3.63, 3.8) is 0 Å². The molecule has 6 nitrogen and oxygen atoms in total. The number of halogens is 4. The van der Waals surface area contributed by atoms with Crippen LogP contribution in [-0.4, -0.2) is 47.5 Å². The molecule has 1 saturated heterocycles. The highest BCUT2D eigenvalue weighted by atomic mass is 35.5. The highest BCUT2D eigenvalue weighted by molar-refractivity contribution is 5.85. The highest BCUT2D eigenvalue weighted by Gasteiger charge is 2.33. The van der Waals surface area contributed by atoms with Crippen LogP contribution in [0.25, 0.3) is 0 Å². The van der Waals surface area contributed by atoms with Crippen LogP contribution in [0.2, 0.25) is 0 Å². The first-order chi connectivity index (χ1) is 9.50. The first-order valence-corrected chi connectivity index (χ1v) is 6.21. The first kappa shape index (κ1) is 20.8. The molecule has 2 N–H and O–H groups in total. The maximum atomic E-state index is 13.3. The number of nitrogens with one attached hydrogen (secondary N) is 1. The lowest BCUT2D eigenvalue weighted by Gasteiger charge is -2.34. The molecule has 10 heteroatoms. The normalized spacial score (nSPS) is 16.5. The minimum absolute atomic E-state index is 0. The molecular weight excluding hydrogens is 343 g/mol. The number of hydrogen-bond donors (Lipinski definition) is 2. The second kappa shape index (κ2) is 9.04. The standard InChI is InChI=1S/C12H15F2N3O3.2ClH/c13-12(14)11(16-5-3-15-4-6-16)9-7-8(17(19)20)1-2-10(9)18;;/h1-2,7,11-12,15,18H,3-6H2;2*1H/t11-;;/m1../s1. The summed E-state index contributed by atoms with van der Waals surface area (Å²) >= 11 is 0. The maximum absolute atomic E-state index is 13.3. The van der Waals surface area contributed by atoms with Crippen molar-refractivity contribution >= 4 is 30.5 Å². The number of piperazine rings is 1. The van der Waals surface area contributed by atoms with Gasteiger partial charge in [0.05, 0.1) is 4.92 Å². The molecule has 1 aromatic carbocycles. The number of phenolic OH excluding ortho intramolecular Hbond substituents is 1. The summed E-state index contributed by atoms with van der Waals surface area (Å²) in [7, 11) is 0. The molecule has 1 fully saturated rings. The zero-order chi connectivity index (χ0) is 14.7. The Bertz CT molecular complexity index is 503. The van der Waals surface area contributed by atoms with Crippen LogP contribution in [0.5, 0.6) is 5.75 Å². The van der Waals surface area contributed by atoms with Crippen LogP contribution < -0.4 is 5.32 Å². The number of rotatable bonds is 4. The predicted molar refractivity (Wildman–Crippen MR) is 82.4 cm³/mol. The van der Waals surface area contributed by atoms with Gasteiger partial charge < -0.3 is 10.4 Å². The van der Waals surface area contributed by atoms with E-state index in [-0.39, 0.29) is 41.8 Å². The van der Waals surface area contributed by atoms with Crippen LogP contribution >= 0.6 is 24.8 Å². The van der Waals surface area contributed by atoms with Crippen molar-refractivity contribution in [2.24, 2.45) is 0 Å². The summed E-state index contributed by atoms with van der Waals surface area (Å²) in [5.41, 5.74) is -0.408. The number of hydrogen-bond acceptors (Lipinski definition) is 5. The predicted octanol–water partition coefficient (Wildman–Crippen LogP) is 2.36. The van der Waals surface area contributed by atoms with E-state index in [4.69, 9.17) is 0 Å². The van der Waals surface area contributed by atoms with Crippen molar-refractivity contribution in [1.82, 2.24) is 10.2 Å². The summed E-state index contributed by atoms with van der Waals surface area (Å²) in [6, 6.07) is 1.87. The Morgan fingerprint density at radius 1 is 1.27 bits per heavy atom. The topological polar surface area (TPSA) is 78.6 Å². The lowest BCUT2D eigenvalue weighted by atomic mass is 10.0. The summed E-state index contributed by atoms with van der Waals surface area (Å²) in [6.07, 6.45) is -2.74. The van der Waals surface area contributed by atoms with E-state index < -0.39 is 17.4 Å². The van der Waals surface area contributed by atoms with Gasteiger partial charge in [-0.25, -0.2) is 8.78 Å². The van der Waals surface area contributed by atoms with Gasteiger partial charge in [-0.2, -0.15) is 0 Å². The second-order valence-electron chi connectivity index (χ2n) is 4.57. The maximum Gasteiger partial charge on any atom is 0.270 e. The molecule has 0 spiro atoms. The van der Waals surface area contributed by atoms with Gasteiger partial charge in [-0.05, 0) is 6.07 Å². The molecule has 1 aliphatic rings. The number of phenols is 1. The average Bonchev–Trinajstić information content (AvgIpc) is 2.41. The third-order valence-electron chi connectivity index (χ3n) is 3.32. The van der Waals surface area contributed by atoms with E-state index in [1.807, 2.05) is 0 Å². The summed E-state index contributed by atoms with van der Waals surface area (Å²) in [5, 5.41) is 23.6. The fraction of sp³-hybridized carbons (Fsp3) is 0.500. The Balaban J connectivity index is 0.00000220. The molecule has 1 aromatic rings. The summed E-state index contributed by atoms with van der Waals surface area (Å²) in [5.74, 6) is -0.348. The van der Waals surface area contributed by atoms with Crippen LogP contribution in [0.4, 0.5) is 14.5 Å². The van der Waals surface area contributed by atoms with Gasteiger partial charge >= 0.3 is 0 Å². The van der Waals surface area contributed by atoms with Crippen LogP contribution in [0, 0.1) is 10.1 Å². The lowest BCUT2D eigenvalue weighted by molar-refractivity contribution is -0.385. The SMILES string of the molecule is Cl.Cl.O=[N+]([O-])c1ccc(O)c([C@H](C(F)F)N2CCNCC2)c1. The number of aromatic hydroxyl groups is 1. The molecule has 0 bridgehead atoms. The smallest absolute Gasteiger partial charge is 0.270 e. The summed E-state index contributed by atoms with van der Waals surface area (Å²) in [6.45, 7) is 1.94. The first-order valence-electron chi connectivity index (χ1n) is 6.21. The third-order valence-corrected chi connectivity index (χ3v) is 3.32. The number of nitro benzene ring substituents is 1. The minimum atomic E-state index is -2.74. The Hall–Kier alpha value is -1.22. The fourth-order valence-electron chi connectivity index (χ4n) is 2.34. The van der Waals surface area contributed by atoms with Crippen molar-refractivity contribution < 1.29 is 18.8 Å². The van der Waals surface area contributed by atoms with E-state index in [0.717, 1.165) is 18.2 Å². The fourth-order valence-corrected chi connectivity index (χ4v) is 2.34. The zero-order valence-corrected chi connectivity index (χ0v) is 13.1. The van der Waals surface area contributed by atoms with Crippen molar-refractivity contribution in [1.29, 1.82) is 0 Å². The Labute approximate surface area is 138 Å². The molecule has 2 rings (SSSR count). The molecule has 0 unspecified atom stereocenters. The van der Waals surface area contributed by atoms with Crippen molar-refractivity contribution in [3.05, 3.63) is 33.9 Å². The van der Waals surface area contributed by atoms with Gasteiger partial charge in [-0.15, -0.1) is 24.8 Å². The van der Waals surface area contributed by atoms with E-state index in [1.165, 1.54) is 4.90 Å². The molecule has 0 aliphatic carbocycles. The van der Waals surface area contributed by atoms with Gasteiger partial charge in [0.2, 0.25) is 0 Å². The van der Waals surface area contributed by atoms with Crippen LogP contribution in [-0.2, 0) is 0 Å². The second-order valence-corrected chi connectivity index (χ2v) is 4.57. The molecule has 0 saturated carbocycles. The van der Waals surface area contributed by atoms with E-state index in [0.29, 0.717) is 26.2 Å². The molecule has 0 amide bonds. The quantitative estimate of drug-likeness (QED) is 0.637. The van der Waals surface area contributed by atoms with E-state index in [1.54, 1.807) is 0 Å². The molecule has 0 aromatic heterocycles. The van der Waals surface area contributed by atoms with Gasteiger partial charge in [0.25, 0.3) is 12.1 Å². The zero-order valence-electron chi connectivity index (χ0n) is 11.4. The van der Waals surface area contributed by atoms with E-state index >= 15 is 0 Å². The summed E-state index contributed by atoms with van der Waals surface area (Å²) in [4.78, 5) is 11.6. The summed E-state index contributed by atoms with van der Waals surface area (Å²) < 4.78 is 26.7. The molecule has 1 heterocycles. The molecule has 22 heavy (non-hydrogen) atoms. The van der Waals surface area contributed by atoms with Gasteiger partial charge in [-0.1, -0.05) is 0 Å².